The number of carbonyl (C=O) groups excluding carboxylic acids is 2. The lowest BCUT2D eigenvalue weighted by Gasteiger charge is -2.40. The molecule has 0 saturated carbocycles. The molecule has 3 rings (SSSR count). The SMILES string of the molecule is CCCNC(=O)N1CCC(OC2C[C@H]3CC[C@@H](C2)N3C(C)=O)CC1. The largest absolute Gasteiger partial charge is 0.375 e. The molecule has 2 bridgehead atoms. The molecule has 3 amide bonds. The molecule has 3 heterocycles. The Morgan fingerprint density at radius 1 is 1.04 bits per heavy atom. The predicted octanol–water partition coefficient (Wildman–Crippen LogP) is 2.13. The second-order valence-electron chi connectivity index (χ2n) is 7.46. The number of hydrogen-bond acceptors (Lipinski definition) is 3. The van der Waals surface area contributed by atoms with Gasteiger partial charge in [-0.05, 0) is 44.9 Å². The molecule has 0 radical (unpaired) electrons. The van der Waals surface area contributed by atoms with Crippen molar-refractivity contribution in [3.05, 3.63) is 0 Å². The number of ether oxygens (including phenoxy) is 1. The minimum Gasteiger partial charge on any atom is -0.375 e. The molecule has 0 aromatic heterocycles. The number of hydrogen-bond donors (Lipinski definition) is 1. The van der Waals surface area contributed by atoms with Gasteiger partial charge in [-0.25, -0.2) is 4.79 Å². The summed E-state index contributed by atoms with van der Waals surface area (Å²) in [6.07, 6.45) is 7.55. The molecule has 3 aliphatic rings. The second kappa shape index (κ2) is 7.72. The number of carbonyl (C=O) groups is 2. The van der Waals surface area contributed by atoms with Crippen LogP contribution in [0.25, 0.3) is 0 Å². The van der Waals surface area contributed by atoms with Crippen LogP contribution in [0.4, 0.5) is 4.79 Å². The molecule has 3 saturated heterocycles. The van der Waals surface area contributed by atoms with Gasteiger partial charge in [0.1, 0.15) is 0 Å². The Labute approximate surface area is 144 Å². The van der Waals surface area contributed by atoms with Gasteiger partial charge >= 0.3 is 6.03 Å². The van der Waals surface area contributed by atoms with Crippen molar-refractivity contribution in [3.63, 3.8) is 0 Å². The normalized spacial score (nSPS) is 30.5. The first-order valence-electron chi connectivity index (χ1n) is 9.55. The highest BCUT2D eigenvalue weighted by Crippen LogP contribution is 2.37. The van der Waals surface area contributed by atoms with Gasteiger partial charge in [-0.15, -0.1) is 0 Å². The van der Waals surface area contributed by atoms with Crippen LogP contribution in [-0.2, 0) is 9.53 Å². The van der Waals surface area contributed by atoms with Gasteiger partial charge in [-0.1, -0.05) is 6.92 Å². The van der Waals surface area contributed by atoms with Crippen molar-refractivity contribution in [1.82, 2.24) is 15.1 Å². The van der Waals surface area contributed by atoms with Gasteiger partial charge in [-0.3, -0.25) is 4.79 Å². The van der Waals surface area contributed by atoms with Crippen LogP contribution in [0.1, 0.15) is 58.8 Å². The Bertz CT molecular complexity index is 448. The maximum atomic E-state index is 12.0. The van der Waals surface area contributed by atoms with Crippen molar-refractivity contribution in [2.75, 3.05) is 19.6 Å². The second-order valence-corrected chi connectivity index (χ2v) is 7.46. The lowest BCUT2D eigenvalue weighted by molar-refractivity contribution is -0.138. The molecule has 0 aromatic carbocycles. The van der Waals surface area contributed by atoms with Crippen LogP contribution < -0.4 is 5.32 Å². The molecular weight excluding hydrogens is 306 g/mol. The van der Waals surface area contributed by atoms with Crippen LogP contribution in [0.5, 0.6) is 0 Å². The zero-order chi connectivity index (χ0) is 17.1. The van der Waals surface area contributed by atoms with Gasteiger partial charge in [0.2, 0.25) is 5.91 Å². The highest BCUT2D eigenvalue weighted by atomic mass is 16.5. The third-order valence-corrected chi connectivity index (χ3v) is 5.69. The van der Waals surface area contributed by atoms with E-state index in [0.29, 0.717) is 12.1 Å². The fourth-order valence-corrected chi connectivity index (χ4v) is 4.56. The summed E-state index contributed by atoms with van der Waals surface area (Å²) in [5.41, 5.74) is 0. The minimum atomic E-state index is 0.0584. The van der Waals surface area contributed by atoms with E-state index in [2.05, 4.69) is 17.1 Å². The molecule has 0 spiro atoms. The number of amides is 3. The number of likely N-dealkylation sites (tertiary alicyclic amines) is 1. The van der Waals surface area contributed by atoms with E-state index < -0.39 is 0 Å². The molecule has 1 N–H and O–H groups in total. The predicted molar refractivity (Wildman–Crippen MR) is 91.7 cm³/mol. The summed E-state index contributed by atoms with van der Waals surface area (Å²) in [4.78, 5) is 27.7. The summed E-state index contributed by atoms with van der Waals surface area (Å²) < 4.78 is 6.35. The molecule has 136 valence electrons. The lowest BCUT2D eigenvalue weighted by Crippen LogP contribution is -2.50. The topological polar surface area (TPSA) is 61.9 Å². The number of piperidine rings is 2. The molecule has 0 aliphatic carbocycles. The first-order chi connectivity index (χ1) is 11.6. The van der Waals surface area contributed by atoms with E-state index in [1.54, 1.807) is 6.92 Å². The Balaban J connectivity index is 1.43. The van der Waals surface area contributed by atoms with Gasteiger partial charge < -0.3 is 19.9 Å². The van der Waals surface area contributed by atoms with Crippen molar-refractivity contribution in [2.45, 2.75) is 83.1 Å². The first-order valence-corrected chi connectivity index (χ1v) is 9.55. The highest BCUT2D eigenvalue weighted by Gasteiger charge is 2.43. The monoisotopic (exact) mass is 337 g/mol. The molecule has 6 heteroatoms. The fourth-order valence-electron chi connectivity index (χ4n) is 4.56. The zero-order valence-electron chi connectivity index (χ0n) is 15.0. The number of nitrogens with one attached hydrogen (secondary N) is 1. The van der Waals surface area contributed by atoms with Gasteiger partial charge in [0, 0.05) is 38.6 Å². The summed E-state index contributed by atoms with van der Waals surface area (Å²) in [5.74, 6) is 0.215. The first kappa shape index (κ1) is 17.5. The van der Waals surface area contributed by atoms with E-state index in [1.807, 2.05) is 4.90 Å². The van der Waals surface area contributed by atoms with E-state index >= 15 is 0 Å². The molecule has 0 aromatic rings. The third-order valence-electron chi connectivity index (χ3n) is 5.69. The molecule has 1 unspecified atom stereocenters. The molecular formula is C18H31N3O3. The smallest absolute Gasteiger partial charge is 0.317 e. The lowest BCUT2D eigenvalue weighted by atomic mass is 9.98. The summed E-state index contributed by atoms with van der Waals surface area (Å²) in [6.45, 7) is 6.04. The Hall–Kier alpha value is -1.30. The summed E-state index contributed by atoms with van der Waals surface area (Å²) in [7, 11) is 0. The van der Waals surface area contributed by atoms with Crippen molar-refractivity contribution in [3.8, 4) is 0 Å². The molecule has 6 nitrogen and oxygen atoms in total. The van der Waals surface area contributed by atoms with Crippen molar-refractivity contribution < 1.29 is 14.3 Å². The van der Waals surface area contributed by atoms with Gasteiger partial charge in [0.25, 0.3) is 0 Å². The van der Waals surface area contributed by atoms with Gasteiger partial charge in [0.15, 0.2) is 0 Å². The fraction of sp³-hybridized carbons (Fsp3) is 0.889. The average molecular weight is 337 g/mol. The van der Waals surface area contributed by atoms with Crippen molar-refractivity contribution in [1.29, 1.82) is 0 Å². The van der Waals surface area contributed by atoms with Crippen LogP contribution in [0, 0.1) is 0 Å². The maximum absolute atomic E-state index is 12.0. The summed E-state index contributed by atoms with van der Waals surface area (Å²) in [5, 5.41) is 2.94. The summed E-state index contributed by atoms with van der Waals surface area (Å²) >= 11 is 0. The number of rotatable bonds is 4. The number of nitrogens with zero attached hydrogens (tertiary/aromatic N) is 2. The van der Waals surface area contributed by atoms with E-state index in [4.69, 9.17) is 4.74 Å². The van der Waals surface area contributed by atoms with E-state index in [0.717, 1.165) is 64.6 Å². The van der Waals surface area contributed by atoms with Gasteiger partial charge in [-0.2, -0.15) is 0 Å². The number of fused-ring (bicyclic) bond motifs is 2. The van der Waals surface area contributed by atoms with E-state index in [9.17, 15) is 9.59 Å². The molecule has 3 aliphatic heterocycles. The van der Waals surface area contributed by atoms with E-state index in [-0.39, 0.29) is 24.1 Å². The average Bonchev–Trinajstić information content (AvgIpc) is 2.85. The standard InChI is InChI=1S/C18H31N3O3/c1-3-8-19-18(23)20-9-6-16(7-10-20)24-17-11-14-4-5-15(12-17)21(14)13(2)22/h14-17H,3-12H2,1-2H3,(H,19,23)/t14-,15+,17?. The van der Waals surface area contributed by atoms with Crippen molar-refractivity contribution in [2.24, 2.45) is 0 Å². The highest BCUT2D eigenvalue weighted by molar-refractivity contribution is 5.74. The Morgan fingerprint density at radius 2 is 1.67 bits per heavy atom. The van der Waals surface area contributed by atoms with Crippen LogP contribution >= 0.6 is 0 Å². The minimum absolute atomic E-state index is 0.0584. The van der Waals surface area contributed by atoms with Gasteiger partial charge in [0.05, 0.1) is 12.2 Å². The Kier molecular flexibility index (Phi) is 5.64. The molecule has 24 heavy (non-hydrogen) atoms. The third kappa shape index (κ3) is 3.85. The van der Waals surface area contributed by atoms with E-state index in [1.165, 1.54) is 0 Å². The molecule has 3 fully saturated rings. The quantitative estimate of drug-likeness (QED) is 0.855. The van der Waals surface area contributed by atoms with Crippen LogP contribution in [0.15, 0.2) is 0 Å². The zero-order valence-corrected chi connectivity index (χ0v) is 15.0. The molecule has 3 atom stereocenters. The van der Waals surface area contributed by atoms with Crippen LogP contribution in [0.2, 0.25) is 0 Å². The van der Waals surface area contributed by atoms with Crippen LogP contribution in [0.3, 0.4) is 0 Å². The maximum Gasteiger partial charge on any atom is 0.317 e. The van der Waals surface area contributed by atoms with Crippen LogP contribution in [-0.4, -0.2) is 65.7 Å². The Morgan fingerprint density at radius 3 is 2.21 bits per heavy atom. The van der Waals surface area contributed by atoms with Crippen molar-refractivity contribution >= 4 is 11.9 Å². The summed E-state index contributed by atoms with van der Waals surface area (Å²) in [6, 6.07) is 0.820. The number of urea groups is 1.